The molecule has 2 amide bonds. The summed E-state index contributed by atoms with van der Waals surface area (Å²) in [6.07, 6.45) is -1.49. The van der Waals surface area contributed by atoms with Gasteiger partial charge in [-0.05, 0) is 48.9 Å². The average Bonchev–Trinajstić information content (AvgIpc) is 3.30. The molecule has 13 heteroatoms. The molecule has 9 nitrogen and oxygen atoms in total. The molecule has 0 fully saturated rings. The smallest absolute Gasteiger partial charge is 0.416 e. The Morgan fingerprint density at radius 3 is 2.53 bits per heavy atom. The summed E-state index contributed by atoms with van der Waals surface area (Å²) in [5.74, 6) is 0.681. The first-order valence-corrected chi connectivity index (χ1v) is 12.3. The van der Waals surface area contributed by atoms with Crippen LogP contribution in [0.2, 0.25) is 0 Å². The summed E-state index contributed by atoms with van der Waals surface area (Å²) in [5.41, 5.74) is -0.0533. The number of carbonyl (C=O) groups excluding carboxylic acids is 2. The molecule has 0 bridgehead atoms. The number of anilines is 1. The van der Waals surface area contributed by atoms with Gasteiger partial charge in [0.15, 0.2) is 22.5 Å². The molecule has 0 atom stereocenters. The van der Waals surface area contributed by atoms with E-state index in [1.807, 2.05) is 6.92 Å². The van der Waals surface area contributed by atoms with E-state index < -0.39 is 17.6 Å². The highest BCUT2D eigenvalue weighted by molar-refractivity contribution is 7.99. The molecule has 0 radical (unpaired) electrons. The monoisotopic (exact) mass is 549 g/mol. The van der Waals surface area contributed by atoms with Crippen LogP contribution < -0.4 is 20.1 Å². The minimum atomic E-state index is -4.50. The first-order chi connectivity index (χ1) is 18.1. The minimum Gasteiger partial charge on any atom is -0.493 e. The van der Waals surface area contributed by atoms with Gasteiger partial charge in [-0.2, -0.15) is 13.2 Å². The van der Waals surface area contributed by atoms with Crippen molar-refractivity contribution in [2.45, 2.75) is 31.3 Å². The molecule has 3 aromatic rings. The van der Waals surface area contributed by atoms with E-state index in [2.05, 4.69) is 20.8 Å². The Morgan fingerprint density at radius 2 is 1.84 bits per heavy atom. The molecule has 0 spiro atoms. The minimum absolute atomic E-state index is 0.0481. The van der Waals surface area contributed by atoms with Gasteiger partial charge in [-0.15, -0.1) is 10.2 Å². The molecule has 3 rings (SSSR count). The van der Waals surface area contributed by atoms with E-state index in [0.717, 1.165) is 29.5 Å². The molecule has 0 aliphatic rings. The Hall–Kier alpha value is -4.00. The van der Waals surface area contributed by atoms with Crippen molar-refractivity contribution < 1.29 is 32.2 Å². The quantitative estimate of drug-likeness (QED) is 0.270. The lowest BCUT2D eigenvalue weighted by molar-refractivity contribution is -0.137. The molecule has 0 aliphatic carbocycles. The van der Waals surface area contributed by atoms with Crippen LogP contribution in [0.5, 0.6) is 11.5 Å². The van der Waals surface area contributed by atoms with Crippen molar-refractivity contribution in [3.63, 3.8) is 0 Å². The van der Waals surface area contributed by atoms with Crippen LogP contribution in [0.15, 0.2) is 53.7 Å². The van der Waals surface area contributed by atoms with Crippen LogP contribution in [0.25, 0.3) is 6.08 Å². The number of methoxy groups -OCH3 is 2. The summed E-state index contributed by atoms with van der Waals surface area (Å²) in [6.45, 7) is 2.45. The molecule has 1 heterocycles. The third-order valence-corrected chi connectivity index (χ3v) is 6.14. The first kappa shape index (κ1) is 28.6. The van der Waals surface area contributed by atoms with E-state index in [1.165, 1.54) is 32.4 Å². The normalized spacial score (nSPS) is 11.4. The molecule has 1 aromatic heterocycles. The number of ether oxygens (including phenoxy) is 2. The zero-order valence-corrected chi connectivity index (χ0v) is 21.7. The van der Waals surface area contributed by atoms with Crippen molar-refractivity contribution in [1.82, 2.24) is 20.1 Å². The van der Waals surface area contributed by atoms with E-state index in [1.54, 1.807) is 28.8 Å². The molecule has 0 unspecified atom stereocenters. The lowest BCUT2D eigenvalue weighted by atomic mass is 10.2. The number of rotatable bonds is 11. The van der Waals surface area contributed by atoms with E-state index in [9.17, 15) is 22.8 Å². The van der Waals surface area contributed by atoms with Gasteiger partial charge < -0.3 is 24.7 Å². The van der Waals surface area contributed by atoms with E-state index in [-0.39, 0.29) is 23.9 Å². The van der Waals surface area contributed by atoms with Crippen LogP contribution in [-0.2, 0) is 28.9 Å². The van der Waals surface area contributed by atoms with Gasteiger partial charge in [-0.3, -0.25) is 9.59 Å². The molecule has 2 aromatic carbocycles. The van der Waals surface area contributed by atoms with E-state index >= 15 is 0 Å². The Balaban J connectivity index is 1.54. The number of carbonyl (C=O) groups is 2. The van der Waals surface area contributed by atoms with Gasteiger partial charge in [0, 0.05) is 18.3 Å². The maximum Gasteiger partial charge on any atom is 0.416 e. The third kappa shape index (κ3) is 7.75. The van der Waals surface area contributed by atoms with Crippen molar-refractivity contribution in [2.75, 3.05) is 25.3 Å². The van der Waals surface area contributed by atoms with Gasteiger partial charge in [0.25, 0.3) is 0 Å². The number of aromatic nitrogens is 3. The second-order valence-corrected chi connectivity index (χ2v) is 8.67. The zero-order chi connectivity index (χ0) is 27.7. The number of hydrogen-bond donors (Lipinski definition) is 2. The van der Waals surface area contributed by atoms with Crippen LogP contribution in [0.3, 0.4) is 0 Å². The summed E-state index contributed by atoms with van der Waals surface area (Å²) >= 11 is 1.08. The summed E-state index contributed by atoms with van der Waals surface area (Å²) in [4.78, 5) is 24.6. The fraction of sp³-hybridized carbons (Fsp3) is 0.280. The standard InChI is InChI=1S/C25H26F3N5O4S/c1-4-33-21(14-29-22(34)11-9-16-8-10-19(36-2)20(12-16)37-3)31-32-24(33)38-15-23(35)30-18-7-5-6-17(13-18)25(26,27)28/h5-13H,4,14-15H2,1-3H3,(H,29,34)(H,30,35). The van der Waals surface area contributed by atoms with Gasteiger partial charge in [-0.25, -0.2) is 0 Å². The summed E-state index contributed by atoms with van der Waals surface area (Å²) in [6, 6.07) is 9.67. The number of alkyl halides is 3. The fourth-order valence-corrected chi connectivity index (χ4v) is 4.15. The molecule has 0 saturated carbocycles. The third-order valence-electron chi connectivity index (χ3n) is 5.17. The zero-order valence-electron chi connectivity index (χ0n) is 20.8. The molecular formula is C25H26F3N5O4S. The second kappa shape index (κ2) is 13.0. The van der Waals surface area contributed by atoms with Crippen LogP contribution >= 0.6 is 11.8 Å². The second-order valence-electron chi connectivity index (χ2n) is 7.72. The van der Waals surface area contributed by atoms with E-state index in [4.69, 9.17) is 9.47 Å². The van der Waals surface area contributed by atoms with Crippen molar-refractivity contribution in [3.05, 3.63) is 65.5 Å². The Labute approximate surface area is 221 Å². The average molecular weight is 550 g/mol. The van der Waals surface area contributed by atoms with Crippen LogP contribution in [-0.4, -0.2) is 46.6 Å². The number of thioether (sulfide) groups is 1. The fourth-order valence-electron chi connectivity index (χ4n) is 3.33. The van der Waals surface area contributed by atoms with Gasteiger partial charge in [0.2, 0.25) is 11.8 Å². The Kier molecular flexibility index (Phi) is 9.77. The Bertz CT molecular complexity index is 1310. The SMILES string of the molecule is CCn1c(CNC(=O)C=Cc2ccc(OC)c(OC)c2)nnc1SCC(=O)Nc1cccc(C(F)(F)F)c1. The summed E-state index contributed by atoms with van der Waals surface area (Å²) in [5, 5.41) is 13.8. The number of nitrogens with zero attached hydrogens (tertiary/aromatic N) is 3. The molecule has 38 heavy (non-hydrogen) atoms. The maximum absolute atomic E-state index is 12.9. The predicted molar refractivity (Wildman–Crippen MR) is 137 cm³/mol. The summed E-state index contributed by atoms with van der Waals surface area (Å²) < 4.78 is 50.8. The van der Waals surface area contributed by atoms with Crippen molar-refractivity contribution in [1.29, 1.82) is 0 Å². The van der Waals surface area contributed by atoms with Crippen LogP contribution in [0, 0.1) is 0 Å². The number of amides is 2. The number of halogens is 3. The number of hydrogen-bond acceptors (Lipinski definition) is 7. The summed E-state index contributed by atoms with van der Waals surface area (Å²) in [7, 11) is 3.06. The van der Waals surface area contributed by atoms with Crippen LogP contribution in [0.1, 0.15) is 23.9 Å². The molecule has 0 saturated heterocycles. The molecule has 2 N–H and O–H groups in total. The lowest BCUT2D eigenvalue weighted by Crippen LogP contribution is -2.22. The van der Waals surface area contributed by atoms with Gasteiger partial charge in [-0.1, -0.05) is 23.9 Å². The number of nitrogens with one attached hydrogen (secondary N) is 2. The van der Waals surface area contributed by atoms with Gasteiger partial charge in [0.05, 0.1) is 32.1 Å². The highest BCUT2D eigenvalue weighted by Gasteiger charge is 2.30. The Morgan fingerprint density at radius 1 is 1.08 bits per heavy atom. The maximum atomic E-state index is 12.9. The highest BCUT2D eigenvalue weighted by Crippen LogP contribution is 2.31. The van der Waals surface area contributed by atoms with E-state index in [0.29, 0.717) is 29.0 Å². The van der Waals surface area contributed by atoms with Gasteiger partial charge in [0.1, 0.15) is 0 Å². The first-order valence-electron chi connectivity index (χ1n) is 11.3. The van der Waals surface area contributed by atoms with Crippen molar-refractivity contribution >= 4 is 35.3 Å². The largest absolute Gasteiger partial charge is 0.493 e. The predicted octanol–water partition coefficient (Wildman–Crippen LogP) is 4.39. The van der Waals surface area contributed by atoms with Crippen molar-refractivity contribution in [2.24, 2.45) is 0 Å². The van der Waals surface area contributed by atoms with Crippen molar-refractivity contribution in [3.8, 4) is 11.5 Å². The number of benzene rings is 2. The molecule has 0 aliphatic heterocycles. The van der Waals surface area contributed by atoms with Crippen LogP contribution in [0.4, 0.5) is 18.9 Å². The molecular weight excluding hydrogens is 523 g/mol. The lowest BCUT2D eigenvalue weighted by Gasteiger charge is -2.10. The van der Waals surface area contributed by atoms with Gasteiger partial charge >= 0.3 is 6.18 Å². The molecule has 202 valence electrons. The highest BCUT2D eigenvalue weighted by atomic mass is 32.2. The topological polar surface area (TPSA) is 107 Å².